The van der Waals surface area contributed by atoms with Gasteiger partial charge < -0.3 is 4.74 Å². The molecule has 0 atom stereocenters. The van der Waals surface area contributed by atoms with Crippen LogP contribution in [0.25, 0.3) is 0 Å². The van der Waals surface area contributed by atoms with Gasteiger partial charge in [0.25, 0.3) is 0 Å². The van der Waals surface area contributed by atoms with Crippen LogP contribution >= 0.6 is 0 Å². The number of benzene rings is 2. The smallest absolute Gasteiger partial charge is 0.417 e. The molecule has 2 aromatic carbocycles. The first kappa shape index (κ1) is 15.1. The van der Waals surface area contributed by atoms with E-state index in [4.69, 9.17) is 4.74 Å². The molecule has 110 valence electrons. The zero-order valence-electron chi connectivity index (χ0n) is 11.5. The van der Waals surface area contributed by atoms with Gasteiger partial charge in [0.1, 0.15) is 5.75 Å². The lowest BCUT2D eigenvalue weighted by molar-refractivity contribution is -0.137. The van der Waals surface area contributed by atoms with Gasteiger partial charge in [-0.1, -0.05) is 29.8 Å². The number of ketones is 1. The van der Waals surface area contributed by atoms with Crippen LogP contribution in [0.15, 0.2) is 42.5 Å². The summed E-state index contributed by atoms with van der Waals surface area (Å²) in [5, 5.41) is 0. The fourth-order valence-electron chi connectivity index (χ4n) is 2.07. The van der Waals surface area contributed by atoms with Gasteiger partial charge in [0.2, 0.25) is 0 Å². The molecule has 2 aromatic rings. The van der Waals surface area contributed by atoms with Crippen LogP contribution in [0.4, 0.5) is 13.2 Å². The molecule has 0 amide bonds. The average Bonchev–Trinajstić information content (AvgIpc) is 2.45. The molecule has 0 aromatic heterocycles. The molecule has 0 spiro atoms. The van der Waals surface area contributed by atoms with Crippen LogP contribution in [0.3, 0.4) is 0 Å². The maximum Gasteiger partial charge on any atom is 0.417 e. The summed E-state index contributed by atoms with van der Waals surface area (Å²) in [7, 11) is 1.37. The summed E-state index contributed by atoms with van der Waals surface area (Å²) in [5.41, 5.74) is -0.440. The minimum Gasteiger partial charge on any atom is -0.496 e. The molecule has 0 unspecified atom stereocenters. The first-order valence-corrected chi connectivity index (χ1v) is 6.20. The number of rotatable bonds is 3. The lowest BCUT2D eigenvalue weighted by Crippen LogP contribution is -2.14. The van der Waals surface area contributed by atoms with Crippen LogP contribution in [-0.2, 0) is 6.18 Å². The minimum atomic E-state index is -4.58. The molecule has 5 heteroatoms. The summed E-state index contributed by atoms with van der Waals surface area (Å²) in [4.78, 5) is 12.5. The van der Waals surface area contributed by atoms with Crippen LogP contribution in [0, 0.1) is 6.92 Å². The molecule has 0 aliphatic rings. The van der Waals surface area contributed by atoms with Gasteiger partial charge in [-0.05, 0) is 25.1 Å². The maximum absolute atomic E-state index is 13.0. The highest BCUT2D eigenvalue weighted by Crippen LogP contribution is 2.34. The summed E-state index contributed by atoms with van der Waals surface area (Å²) in [6.07, 6.45) is -4.58. The average molecular weight is 294 g/mol. The third kappa shape index (κ3) is 3.07. The van der Waals surface area contributed by atoms with Crippen LogP contribution in [0.2, 0.25) is 0 Å². The normalized spacial score (nSPS) is 11.3. The van der Waals surface area contributed by atoms with Crippen LogP contribution in [-0.4, -0.2) is 12.9 Å². The van der Waals surface area contributed by atoms with Crippen molar-refractivity contribution in [2.45, 2.75) is 13.1 Å². The van der Waals surface area contributed by atoms with E-state index in [0.717, 1.165) is 11.6 Å². The molecule has 0 radical (unpaired) electrons. The highest BCUT2D eigenvalue weighted by atomic mass is 19.4. The Morgan fingerprint density at radius 3 is 2.33 bits per heavy atom. The Bertz CT molecular complexity index is 675. The van der Waals surface area contributed by atoms with Crippen LogP contribution < -0.4 is 4.74 Å². The summed E-state index contributed by atoms with van der Waals surface area (Å²) in [6.45, 7) is 1.76. The standard InChI is InChI=1S/C16H13F3O2/c1-10-7-8-14(21-2)12(9-10)15(20)11-5-3-4-6-13(11)16(17,18)19/h3-9H,1-2H3. The summed E-state index contributed by atoms with van der Waals surface area (Å²) in [5.74, 6) is -0.453. The van der Waals surface area contributed by atoms with Gasteiger partial charge >= 0.3 is 6.18 Å². The molecular weight excluding hydrogens is 281 g/mol. The van der Waals surface area contributed by atoms with Crippen molar-refractivity contribution in [3.05, 3.63) is 64.7 Å². The monoisotopic (exact) mass is 294 g/mol. The lowest BCUT2D eigenvalue weighted by atomic mass is 9.96. The SMILES string of the molecule is COc1ccc(C)cc1C(=O)c1ccccc1C(F)(F)F. The number of hydrogen-bond acceptors (Lipinski definition) is 2. The third-order valence-electron chi connectivity index (χ3n) is 3.08. The highest BCUT2D eigenvalue weighted by Gasteiger charge is 2.35. The van der Waals surface area contributed by atoms with E-state index in [-0.39, 0.29) is 16.9 Å². The summed E-state index contributed by atoms with van der Waals surface area (Å²) < 4.78 is 44.1. The fraction of sp³-hybridized carbons (Fsp3) is 0.188. The van der Waals surface area contributed by atoms with E-state index in [1.165, 1.54) is 31.4 Å². The molecule has 0 saturated carbocycles. The zero-order chi connectivity index (χ0) is 15.6. The van der Waals surface area contributed by atoms with Crippen molar-refractivity contribution in [3.63, 3.8) is 0 Å². The van der Waals surface area contributed by atoms with Gasteiger partial charge in [0, 0.05) is 5.56 Å². The van der Waals surface area contributed by atoms with E-state index in [1.54, 1.807) is 19.1 Å². The van der Waals surface area contributed by atoms with Gasteiger partial charge in [-0.25, -0.2) is 0 Å². The lowest BCUT2D eigenvalue weighted by Gasteiger charge is -2.13. The number of carbonyl (C=O) groups excluding carboxylic acids is 1. The number of carbonyl (C=O) groups is 1. The molecule has 0 bridgehead atoms. The molecular formula is C16H13F3O2. The van der Waals surface area contributed by atoms with Crippen molar-refractivity contribution in [1.82, 2.24) is 0 Å². The van der Waals surface area contributed by atoms with Crippen molar-refractivity contribution in [2.75, 3.05) is 7.11 Å². The molecule has 0 fully saturated rings. The fourth-order valence-corrected chi connectivity index (χ4v) is 2.07. The summed E-state index contributed by atoms with van der Waals surface area (Å²) >= 11 is 0. The first-order valence-electron chi connectivity index (χ1n) is 6.20. The van der Waals surface area contributed by atoms with Crippen molar-refractivity contribution in [1.29, 1.82) is 0 Å². The minimum absolute atomic E-state index is 0.120. The van der Waals surface area contributed by atoms with Crippen molar-refractivity contribution in [3.8, 4) is 5.75 Å². The van der Waals surface area contributed by atoms with Gasteiger partial charge in [-0.15, -0.1) is 0 Å². The van der Waals surface area contributed by atoms with E-state index in [9.17, 15) is 18.0 Å². The third-order valence-corrected chi connectivity index (χ3v) is 3.08. The van der Waals surface area contributed by atoms with Crippen molar-refractivity contribution < 1.29 is 22.7 Å². The quantitative estimate of drug-likeness (QED) is 0.791. The number of methoxy groups -OCH3 is 1. The zero-order valence-corrected chi connectivity index (χ0v) is 11.5. The molecule has 2 nitrogen and oxygen atoms in total. The van der Waals surface area contributed by atoms with Gasteiger partial charge in [0.05, 0.1) is 18.2 Å². The Balaban J connectivity index is 2.59. The number of ether oxygens (including phenoxy) is 1. The molecule has 21 heavy (non-hydrogen) atoms. The van der Waals surface area contributed by atoms with Crippen LogP contribution in [0.5, 0.6) is 5.75 Å². The van der Waals surface area contributed by atoms with E-state index in [2.05, 4.69) is 0 Å². The Morgan fingerprint density at radius 1 is 1.05 bits per heavy atom. The topological polar surface area (TPSA) is 26.3 Å². The Hall–Kier alpha value is -2.30. The number of aryl methyl sites for hydroxylation is 1. The predicted octanol–water partition coefficient (Wildman–Crippen LogP) is 4.25. The maximum atomic E-state index is 13.0. The van der Waals surface area contributed by atoms with E-state index in [1.807, 2.05) is 0 Å². The van der Waals surface area contributed by atoms with E-state index >= 15 is 0 Å². The second-order valence-corrected chi connectivity index (χ2v) is 4.58. The van der Waals surface area contributed by atoms with E-state index < -0.39 is 17.5 Å². The molecule has 2 rings (SSSR count). The number of hydrogen-bond donors (Lipinski definition) is 0. The van der Waals surface area contributed by atoms with Gasteiger partial charge in [-0.3, -0.25) is 4.79 Å². The first-order chi connectivity index (χ1) is 9.84. The molecule has 0 aliphatic heterocycles. The summed E-state index contributed by atoms with van der Waals surface area (Å²) in [6, 6.07) is 9.55. The number of alkyl halides is 3. The van der Waals surface area contributed by atoms with Gasteiger partial charge in [-0.2, -0.15) is 13.2 Å². The second-order valence-electron chi connectivity index (χ2n) is 4.58. The highest BCUT2D eigenvalue weighted by molar-refractivity contribution is 6.11. The molecule has 0 N–H and O–H groups in total. The van der Waals surface area contributed by atoms with E-state index in [0.29, 0.717) is 0 Å². The second kappa shape index (κ2) is 5.60. The number of halogens is 3. The van der Waals surface area contributed by atoms with Crippen LogP contribution in [0.1, 0.15) is 27.0 Å². The Morgan fingerprint density at radius 2 is 1.71 bits per heavy atom. The Labute approximate surface area is 120 Å². The molecule has 0 aliphatic carbocycles. The molecule has 0 heterocycles. The largest absolute Gasteiger partial charge is 0.496 e. The molecule has 0 saturated heterocycles. The van der Waals surface area contributed by atoms with Gasteiger partial charge in [0.15, 0.2) is 5.78 Å². The predicted molar refractivity (Wildman–Crippen MR) is 72.6 cm³/mol. The Kier molecular flexibility index (Phi) is 4.02. The van der Waals surface area contributed by atoms with Crippen molar-refractivity contribution in [2.24, 2.45) is 0 Å². The van der Waals surface area contributed by atoms with Crippen molar-refractivity contribution >= 4 is 5.78 Å².